The Balaban J connectivity index is 1.85. The average Bonchev–Trinajstić information content (AvgIpc) is 3.35. The Morgan fingerprint density at radius 2 is 2.00 bits per heavy atom. The number of benzene rings is 1. The molecule has 2 rings (SSSR count). The lowest BCUT2D eigenvalue weighted by Gasteiger charge is -2.16. The molecule has 1 fully saturated rings. The highest BCUT2D eigenvalue weighted by molar-refractivity contribution is 5.95. The second-order valence-electron chi connectivity index (χ2n) is 5.44. The van der Waals surface area contributed by atoms with Crippen LogP contribution in [0.15, 0.2) is 24.3 Å². The maximum absolute atomic E-state index is 11.9. The molecule has 0 saturated heterocycles. The van der Waals surface area contributed by atoms with Gasteiger partial charge in [-0.1, -0.05) is 12.1 Å². The van der Waals surface area contributed by atoms with Crippen molar-refractivity contribution in [3.63, 3.8) is 0 Å². The first-order chi connectivity index (χ1) is 11.4. The van der Waals surface area contributed by atoms with Crippen molar-refractivity contribution in [1.82, 2.24) is 10.2 Å². The van der Waals surface area contributed by atoms with E-state index in [-0.39, 0.29) is 24.1 Å². The molecule has 0 spiro atoms. The van der Waals surface area contributed by atoms with Gasteiger partial charge in [-0.2, -0.15) is 0 Å². The largest absolute Gasteiger partial charge is 0.452 e. The third-order valence-corrected chi connectivity index (χ3v) is 3.40. The number of ether oxygens (including phenoxy) is 1. The van der Waals surface area contributed by atoms with Gasteiger partial charge in [0.15, 0.2) is 6.61 Å². The smallest absolute Gasteiger partial charge is 0.345 e. The molecular weight excluding hydrogens is 318 g/mol. The molecule has 1 aromatic rings. The second-order valence-corrected chi connectivity index (χ2v) is 5.44. The molecule has 24 heavy (non-hydrogen) atoms. The number of likely N-dealkylation sites (N-methyl/N-ethyl adjacent to an activating group) is 1. The number of rotatable bonds is 7. The van der Waals surface area contributed by atoms with Gasteiger partial charge in [-0.25, -0.2) is 4.79 Å². The maximum Gasteiger partial charge on any atom is 0.345 e. The summed E-state index contributed by atoms with van der Waals surface area (Å²) in [6.07, 6.45) is 1.88. The zero-order chi connectivity index (χ0) is 17.7. The fourth-order valence-electron chi connectivity index (χ4n) is 1.93. The van der Waals surface area contributed by atoms with Crippen molar-refractivity contribution in [3.8, 4) is 0 Å². The number of nitrogens with zero attached hydrogens (tertiary/aromatic N) is 2. The van der Waals surface area contributed by atoms with Crippen LogP contribution in [-0.4, -0.2) is 53.8 Å². The molecule has 1 saturated carbocycles. The van der Waals surface area contributed by atoms with Gasteiger partial charge in [0.1, 0.15) is 5.56 Å². The Hall–Kier alpha value is -2.97. The highest BCUT2D eigenvalue weighted by Gasteiger charge is 2.25. The van der Waals surface area contributed by atoms with Gasteiger partial charge in [-0.05, 0) is 18.9 Å². The van der Waals surface area contributed by atoms with E-state index in [0.717, 1.165) is 17.7 Å². The van der Waals surface area contributed by atoms with Gasteiger partial charge in [-0.3, -0.25) is 19.7 Å². The lowest BCUT2D eigenvalue weighted by atomic mass is 10.2. The van der Waals surface area contributed by atoms with Gasteiger partial charge in [0, 0.05) is 19.2 Å². The van der Waals surface area contributed by atoms with Gasteiger partial charge < -0.3 is 15.0 Å². The number of nitro benzene ring substituents is 1. The minimum absolute atomic E-state index is 0.141. The molecule has 0 aliphatic heterocycles. The SMILES string of the molecule is CN(CC(=O)NC1CC1)C(=O)COC(=O)c1ccccc1[N+](=O)[O-]. The van der Waals surface area contributed by atoms with E-state index in [1.54, 1.807) is 0 Å². The van der Waals surface area contributed by atoms with Crippen molar-refractivity contribution >= 4 is 23.5 Å². The molecule has 0 radical (unpaired) electrons. The zero-order valence-corrected chi connectivity index (χ0v) is 13.1. The summed E-state index contributed by atoms with van der Waals surface area (Å²) in [5.41, 5.74) is -0.628. The van der Waals surface area contributed by atoms with Gasteiger partial charge >= 0.3 is 5.97 Å². The number of carbonyl (C=O) groups is 3. The summed E-state index contributed by atoms with van der Waals surface area (Å²) in [5, 5.41) is 13.6. The van der Waals surface area contributed by atoms with Crippen molar-refractivity contribution in [2.45, 2.75) is 18.9 Å². The first-order valence-corrected chi connectivity index (χ1v) is 7.32. The Bertz CT molecular complexity index is 671. The number of nitro groups is 1. The van der Waals surface area contributed by atoms with E-state index in [2.05, 4.69) is 5.32 Å². The zero-order valence-electron chi connectivity index (χ0n) is 13.1. The Labute approximate surface area is 137 Å². The van der Waals surface area contributed by atoms with Crippen LogP contribution in [0.1, 0.15) is 23.2 Å². The fourth-order valence-corrected chi connectivity index (χ4v) is 1.93. The van der Waals surface area contributed by atoms with Gasteiger partial charge in [-0.15, -0.1) is 0 Å². The number of amides is 2. The molecule has 9 nitrogen and oxygen atoms in total. The van der Waals surface area contributed by atoms with Crippen LogP contribution in [0, 0.1) is 10.1 Å². The quantitative estimate of drug-likeness (QED) is 0.440. The van der Waals surface area contributed by atoms with E-state index in [4.69, 9.17) is 4.74 Å². The highest BCUT2D eigenvalue weighted by atomic mass is 16.6. The van der Waals surface area contributed by atoms with Crippen molar-refractivity contribution < 1.29 is 24.0 Å². The fraction of sp³-hybridized carbons (Fsp3) is 0.400. The number of carbonyl (C=O) groups excluding carboxylic acids is 3. The van der Waals surface area contributed by atoms with E-state index >= 15 is 0 Å². The number of nitrogens with one attached hydrogen (secondary N) is 1. The van der Waals surface area contributed by atoms with Crippen molar-refractivity contribution in [2.24, 2.45) is 0 Å². The van der Waals surface area contributed by atoms with Crippen molar-refractivity contribution in [2.75, 3.05) is 20.2 Å². The molecule has 0 heterocycles. The summed E-state index contributed by atoms with van der Waals surface area (Å²) in [4.78, 5) is 46.7. The van der Waals surface area contributed by atoms with Crippen LogP contribution in [0.3, 0.4) is 0 Å². The number of hydrogen-bond acceptors (Lipinski definition) is 6. The molecule has 0 bridgehead atoms. The molecule has 1 N–H and O–H groups in total. The van der Waals surface area contributed by atoms with E-state index in [9.17, 15) is 24.5 Å². The van der Waals surface area contributed by atoms with E-state index in [1.807, 2.05) is 0 Å². The van der Waals surface area contributed by atoms with Crippen LogP contribution < -0.4 is 5.32 Å². The topological polar surface area (TPSA) is 119 Å². The molecule has 2 amide bonds. The van der Waals surface area contributed by atoms with Gasteiger partial charge in [0.2, 0.25) is 5.91 Å². The van der Waals surface area contributed by atoms with Crippen molar-refractivity contribution in [3.05, 3.63) is 39.9 Å². The van der Waals surface area contributed by atoms with Crippen LogP contribution in [0.4, 0.5) is 5.69 Å². The van der Waals surface area contributed by atoms with E-state index in [1.165, 1.54) is 31.3 Å². The first-order valence-electron chi connectivity index (χ1n) is 7.32. The van der Waals surface area contributed by atoms with Crippen LogP contribution in [0.2, 0.25) is 0 Å². The Morgan fingerprint density at radius 1 is 1.33 bits per heavy atom. The molecule has 0 atom stereocenters. The summed E-state index contributed by atoms with van der Waals surface area (Å²) in [7, 11) is 1.41. The molecule has 1 aliphatic carbocycles. The van der Waals surface area contributed by atoms with Crippen LogP contribution in [-0.2, 0) is 14.3 Å². The molecule has 128 valence electrons. The Kier molecular flexibility index (Phi) is 5.46. The lowest BCUT2D eigenvalue weighted by molar-refractivity contribution is -0.385. The molecule has 0 aromatic heterocycles. The normalized spacial score (nSPS) is 13.0. The standard InChI is InChI=1S/C15H17N3O6/c1-17(8-13(19)16-10-6-7-10)14(20)9-24-15(21)11-4-2-3-5-12(11)18(22)23/h2-5,10H,6-9H2,1H3,(H,16,19). The highest BCUT2D eigenvalue weighted by Crippen LogP contribution is 2.19. The number of hydrogen-bond donors (Lipinski definition) is 1. The van der Waals surface area contributed by atoms with E-state index in [0.29, 0.717) is 0 Å². The first kappa shape index (κ1) is 17.4. The van der Waals surface area contributed by atoms with Crippen LogP contribution in [0.5, 0.6) is 0 Å². The third-order valence-electron chi connectivity index (χ3n) is 3.40. The van der Waals surface area contributed by atoms with Crippen molar-refractivity contribution in [1.29, 1.82) is 0 Å². The summed E-state index contributed by atoms with van der Waals surface area (Å²) in [5.74, 6) is -1.82. The predicted molar refractivity (Wildman–Crippen MR) is 82.2 cm³/mol. The molecule has 0 unspecified atom stereocenters. The lowest BCUT2D eigenvalue weighted by Crippen LogP contribution is -2.40. The summed E-state index contributed by atoms with van der Waals surface area (Å²) in [6, 6.07) is 5.49. The third kappa shape index (κ3) is 4.77. The van der Waals surface area contributed by atoms with Crippen LogP contribution in [0.25, 0.3) is 0 Å². The number of esters is 1. The van der Waals surface area contributed by atoms with Gasteiger partial charge in [0.25, 0.3) is 11.6 Å². The summed E-state index contributed by atoms with van der Waals surface area (Å²) in [6.45, 7) is -0.740. The summed E-state index contributed by atoms with van der Waals surface area (Å²) >= 11 is 0. The van der Waals surface area contributed by atoms with Crippen LogP contribution >= 0.6 is 0 Å². The maximum atomic E-state index is 11.9. The molecule has 1 aliphatic rings. The summed E-state index contributed by atoms with van der Waals surface area (Å²) < 4.78 is 4.81. The van der Waals surface area contributed by atoms with E-state index < -0.39 is 29.1 Å². The second kappa shape index (κ2) is 7.53. The minimum Gasteiger partial charge on any atom is -0.452 e. The average molecular weight is 335 g/mol. The predicted octanol–water partition coefficient (Wildman–Crippen LogP) is 0.489. The monoisotopic (exact) mass is 335 g/mol. The Morgan fingerprint density at radius 3 is 2.62 bits per heavy atom. The molecule has 9 heteroatoms. The molecular formula is C15H17N3O6. The van der Waals surface area contributed by atoms with Gasteiger partial charge in [0.05, 0.1) is 11.5 Å². The number of para-hydroxylation sites is 1. The minimum atomic E-state index is -0.966. The molecule has 1 aromatic carbocycles.